The number of aromatic nitrogens is 1. The van der Waals surface area contributed by atoms with Crippen LogP contribution in [-0.2, 0) is 16.9 Å². The standard InChI is InChI=1S/C19H13FN4O5/c20-15-11(25)4-3-9-7-24(16(26)14(9)15)8-19(17(27)22-18(28)23-19)13-6-10-12(29-13)2-1-5-21-10/h1-6,25H,7-8H2,(H2,22,23,27,28). The molecule has 10 heteroatoms. The van der Waals surface area contributed by atoms with Crippen LogP contribution in [0.2, 0.25) is 0 Å². The molecule has 1 fully saturated rings. The number of hydrogen-bond acceptors (Lipinski definition) is 6. The normalized spacial score (nSPS) is 20.9. The van der Waals surface area contributed by atoms with Crippen molar-refractivity contribution in [3.63, 3.8) is 0 Å². The van der Waals surface area contributed by atoms with E-state index >= 15 is 0 Å². The summed E-state index contributed by atoms with van der Waals surface area (Å²) in [5.41, 5.74) is -0.702. The third-order valence-corrected chi connectivity index (χ3v) is 5.15. The number of imide groups is 1. The summed E-state index contributed by atoms with van der Waals surface area (Å²) in [6.45, 7) is -0.285. The molecule has 0 saturated carbocycles. The average Bonchev–Trinajstić information content (AvgIpc) is 3.34. The highest BCUT2D eigenvalue weighted by Gasteiger charge is 2.53. The second kappa shape index (κ2) is 5.77. The maximum Gasteiger partial charge on any atom is 0.322 e. The first-order valence-electron chi connectivity index (χ1n) is 8.67. The molecule has 0 aliphatic carbocycles. The lowest BCUT2D eigenvalue weighted by molar-refractivity contribution is -0.125. The molecule has 3 N–H and O–H groups in total. The molecule has 4 amide bonds. The van der Waals surface area contributed by atoms with Crippen LogP contribution in [0.1, 0.15) is 21.7 Å². The van der Waals surface area contributed by atoms with Crippen LogP contribution >= 0.6 is 0 Å². The Morgan fingerprint density at radius 3 is 2.83 bits per heavy atom. The van der Waals surface area contributed by atoms with Gasteiger partial charge in [0.25, 0.3) is 11.8 Å². The molecule has 2 aromatic heterocycles. The Bertz CT molecular complexity index is 1190. The summed E-state index contributed by atoms with van der Waals surface area (Å²) < 4.78 is 20.0. The van der Waals surface area contributed by atoms with Crippen LogP contribution in [0.15, 0.2) is 40.9 Å². The van der Waals surface area contributed by atoms with E-state index in [4.69, 9.17) is 4.42 Å². The van der Waals surface area contributed by atoms with Gasteiger partial charge in [0.05, 0.1) is 12.1 Å². The van der Waals surface area contributed by atoms with Crippen LogP contribution < -0.4 is 10.6 Å². The summed E-state index contributed by atoms with van der Waals surface area (Å²) in [5, 5.41) is 14.3. The van der Waals surface area contributed by atoms with Crippen LogP contribution in [0.25, 0.3) is 11.1 Å². The molecule has 2 aliphatic heterocycles. The number of phenols is 1. The monoisotopic (exact) mass is 396 g/mol. The summed E-state index contributed by atoms with van der Waals surface area (Å²) in [5.74, 6) is -2.95. The van der Waals surface area contributed by atoms with Crippen LogP contribution in [-0.4, -0.2) is 39.4 Å². The SMILES string of the molecule is O=C1NC(=O)C(CN2Cc3ccc(O)c(F)c3C2=O)(c2cc3ncccc3o2)N1. The number of amides is 4. The number of phenolic OH excluding ortho intramolecular Hbond substituents is 1. The zero-order chi connectivity index (χ0) is 20.3. The molecule has 4 heterocycles. The zero-order valence-electron chi connectivity index (χ0n) is 14.7. The Morgan fingerprint density at radius 2 is 2.10 bits per heavy atom. The van der Waals surface area contributed by atoms with Gasteiger partial charge in [-0.05, 0) is 23.8 Å². The number of rotatable bonds is 3. The summed E-state index contributed by atoms with van der Waals surface area (Å²) in [6.07, 6.45) is 1.55. The molecular weight excluding hydrogens is 383 g/mol. The van der Waals surface area contributed by atoms with Gasteiger partial charge in [-0.25, -0.2) is 9.18 Å². The number of benzene rings is 1. The van der Waals surface area contributed by atoms with Crippen molar-refractivity contribution in [2.24, 2.45) is 0 Å². The Kier molecular flexibility index (Phi) is 3.42. The minimum absolute atomic E-state index is 0.00868. The van der Waals surface area contributed by atoms with Gasteiger partial charge >= 0.3 is 6.03 Å². The van der Waals surface area contributed by atoms with E-state index in [0.29, 0.717) is 16.7 Å². The Hall–Kier alpha value is -3.95. The van der Waals surface area contributed by atoms with Gasteiger partial charge in [0.1, 0.15) is 11.3 Å². The number of carbonyl (C=O) groups excluding carboxylic acids is 3. The lowest BCUT2D eigenvalue weighted by Gasteiger charge is -2.28. The van der Waals surface area contributed by atoms with Gasteiger partial charge in [-0.3, -0.25) is 19.9 Å². The quantitative estimate of drug-likeness (QED) is 0.574. The summed E-state index contributed by atoms with van der Waals surface area (Å²) >= 11 is 0. The molecule has 1 unspecified atom stereocenters. The lowest BCUT2D eigenvalue weighted by atomic mass is 9.95. The van der Waals surface area contributed by atoms with Crippen molar-refractivity contribution in [3.05, 3.63) is 59.2 Å². The van der Waals surface area contributed by atoms with E-state index < -0.39 is 35.0 Å². The van der Waals surface area contributed by atoms with Gasteiger partial charge in [0.15, 0.2) is 22.7 Å². The highest BCUT2D eigenvalue weighted by atomic mass is 19.1. The van der Waals surface area contributed by atoms with Crippen molar-refractivity contribution in [2.75, 3.05) is 6.54 Å². The second-order valence-electron chi connectivity index (χ2n) is 6.91. The number of fused-ring (bicyclic) bond motifs is 2. The molecule has 5 rings (SSSR count). The molecule has 1 atom stereocenters. The summed E-state index contributed by atoms with van der Waals surface area (Å²) in [4.78, 5) is 42.8. The van der Waals surface area contributed by atoms with Crippen LogP contribution in [0.4, 0.5) is 9.18 Å². The first-order valence-corrected chi connectivity index (χ1v) is 8.67. The maximum absolute atomic E-state index is 14.3. The van der Waals surface area contributed by atoms with Crippen molar-refractivity contribution in [2.45, 2.75) is 12.1 Å². The topological polar surface area (TPSA) is 125 Å². The number of nitrogens with one attached hydrogen (secondary N) is 2. The van der Waals surface area contributed by atoms with E-state index in [1.165, 1.54) is 17.0 Å². The number of furan rings is 1. The summed E-state index contributed by atoms with van der Waals surface area (Å²) in [6, 6.07) is 6.69. The molecule has 146 valence electrons. The first-order chi connectivity index (χ1) is 13.9. The molecule has 3 aromatic rings. The van der Waals surface area contributed by atoms with Gasteiger partial charge in [-0.2, -0.15) is 0 Å². The van der Waals surface area contributed by atoms with Crippen molar-refractivity contribution < 1.29 is 28.3 Å². The third kappa shape index (κ3) is 2.38. The van der Waals surface area contributed by atoms with E-state index in [2.05, 4.69) is 15.6 Å². The van der Waals surface area contributed by atoms with Crippen molar-refractivity contribution in [1.82, 2.24) is 20.5 Å². The van der Waals surface area contributed by atoms with Gasteiger partial charge in [-0.15, -0.1) is 0 Å². The van der Waals surface area contributed by atoms with Crippen LogP contribution in [0.3, 0.4) is 0 Å². The number of nitrogens with zero attached hydrogens (tertiary/aromatic N) is 2. The Balaban J connectivity index is 1.57. The number of halogens is 1. The number of carbonyl (C=O) groups is 3. The molecule has 2 aliphatic rings. The summed E-state index contributed by atoms with van der Waals surface area (Å²) in [7, 11) is 0. The van der Waals surface area contributed by atoms with E-state index in [1.807, 2.05) is 0 Å². The Morgan fingerprint density at radius 1 is 1.28 bits per heavy atom. The smallest absolute Gasteiger partial charge is 0.322 e. The van der Waals surface area contributed by atoms with Gasteiger partial charge < -0.3 is 19.7 Å². The lowest BCUT2D eigenvalue weighted by Crippen LogP contribution is -2.52. The molecule has 1 aromatic carbocycles. The fraction of sp³-hybridized carbons (Fsp3) is 0.158. The van der Waals surface area contributed by atoms with Crippen LogP contribution in [0, 0.1) is 5.82 Å². The zero-order valence-corrected chi connectivity index (χ0v) is 14.7. The van der Waals surface area contributed by atoms with E-state index in [-0.39, 0.29) is 24.4 Å². The molecular formula is C19H13FN4O5. The van der Waals surface area contributed by atoms with E-state index in [1.54, 1.807) is 18.3 Å². The van der Waals surface area contributed by atoms with Gasteiger partial charge in [-0.1, -0.05) is 6.07 Å². The molecule has 9 nitrogen and oxygen atoms in total. The Labute approximate surface area is 162 Å². The van der Waals surface area contributed by atoms with Gasteiger partial charge in [0, 0.05) is 18.8 Å². The van der Waals surface area contributed by atoms with Crippen LogP contribution in [0.5, 0.6) is 5.75 Å². The van der Waals surface area contributed by atoms with Crippen molar-refractivity contribution in [1.29, 1.82) is 0 Å². The first kappa shape index (κ1) is 17.2. The number of aromatic hydroxyl groups is 1. The fourth-order valence-electron chi connectivity index (χ4n) is 3.75. The number of urea groups is 1. The third-order valence-electron chi connectivity index (χ3n) is 5.15. The highest BCUT2D eigenvalue weighted by molar-refractivity contribution is 6.08. The number of hydrogen-bond donors (Lipinski definition) is 3. The van der Waals surface area contributed by atoms with Crippen molar-refractivity contribution >= 4 is 28.9 Å². The minimum atomic E-state index is -1.70. The second-order valence-corrected chi connectivity index (χ2v) is 6.91. The average molecular weight is 396 g/mol. The fourth-order valence-corrected chi connectivity index (χ4v) is 3.75. The predicted molar refractivity (Wildman–Crippen MR) is 95.2 cm³/mol. The van der Waals surface area contributed by atoms with E-state index in [0.717, 1.165) is 6.07 Å². The molecule has 29 heavy (non-hydrogen) atoms. The van der Waals surface area contributed by atoms with Gasteiger partial charge in [0.2, 0.25) is 0 Å². The minimum Gasteiger partial charge on any atom is -0.505 e. The molecule has 0 radical (unpaired) electrons. The molecule has 0 spiro atoms. The predicted octanol–water partition coefficient (Wildman–Crippen LogP) is 1.36. The number of pyridine rings is 1. The highest BCUT2D eigenvalue weighted by Crippen LogP contribution is 2.35. The maximum atomic E-state index is 14.3. The molecule has 0 bridgehead atoms. The van der Waals surface area contributed by atoms with E-state index in [9.17, 15) is 23.9 Å². The largest absolute Gasteiger partial charge is 0.505 e. The molecule has 1 saturated heterocycles. The van der Waals surface area contributed by atoms with Crippen molar-refractivity contribution in [3.8, 4) is 5.75 Å².